The molecule has 0 fully saturated rings. The molecule has 25 heavy (non-hydrogen) atoms. The number of hydrogen-bond donors (Lipinski definition) is 0. The lowest BCUT2D eigenvalue weighted by atomic mass is 10.1. The van der Waals surface area contributed by atoms with Crippen LogP contribution in [0.3, 0.4) is 0 Å². The second-order valence-corrected chi connectivity index (χ2v) is 7.22. The minimum atomic E-state index is -0.0547. The Morgan fingerprint density at radius 2 is 1.88 bits per heavy atom. The van der Waals surface area contributed by atoms with Crippen molar-refractivity contribution in [1.82, 2.24) is 14.8 Å². The number of aromatic nitrogens is 3. The van der Waals surface area contributed by atoms with Gasteiger partial charge in [0.2, 0.25) is 0 Å². The van der Waals surface area contributed by atoms with Crippen LogP contribution in [-0.2, 0) is 0 Å². The Bertz CT molecular complexity index is 922. The zero-order valence-electron chi connectivity index (χ0n) is 13.3. The van der Waals surface area contributed by atoms with Crippen LogP contribution in [0.2, 0.25) is 5.02 Å². The number of benzene rings is 2. The van der Waals surface area contributed by atoms with Gasteiger partial charge < -0.3 is 4.74 Å². The van der Waals surface area contributed by atoms with E-state index in [1.54, 1.807) is 18.9 Å². The van der Waals surface area contributed by atoms with Crippen molar-refractivity contribution in [3.05, 3.63) is 59.1 Å². The van der Waals surface area contributed by atoms with Gasteiger partial charge in [0, 0.05) is 22.3 Å². The van der Waals surface area contributed by atoms with Crippen LogP contribution in [0, 0.1) is 0 Å². The van der Waals surface area contributed by atoms with Crippen LogP contribution < -0.4 is 4.74 Å². The molecule has 4 rings (SSSR count). The Labute approximate surface area is 154 Å². The van der Waals surface area contributed by atoms with E-state index in [-0.39, 0.29) is 11.2 Å². The van der Waals surface area contributed by atoms with Gasteiger partial charge in [-0.05, 0) is 42.0 Å². The van der Waals surface area contributed by atoms with Crippen LogP contribution >= 0.6 is 23.4 Å². The van der Waals surface area contributed by atoms with Gasteiger partial charge in [-0.15, -0.1) is 5.10 Å². The number of halogens is 1. The highest BCUT2D eigenvalue weighted by molar-refractivity contribution is 7.99. The van der Waals surface area contributed by atoms with E-state index in [9.17, 15) is 4.79 Å². The molecule has 0 saturated heterocycles. The van der Waals surface area contributed by atoms with Gasteiger partial charge in [-0.2, -0.15) is 4.68 Å². The lowest BCUT2D eigenvalue weighted by Crippen LogP contribution is -2.20. The third-order valence-electron chi connectivity index (χ3n) is 4.01. The molecular weight excluding hydrogens is 358 g/mol. The largest absolute Gasteiger partial charge is 0.497 e. The predicted molar refractivity (Wildman–Crippen MR) is 97.3 cm³/mol. The van der Waals surface area contributed by atoms with Gasteiger partial charge in [0.05, 0.1) is 7.11 Å². The molecule has 2 aromatic carbocycles. The summed E-state index contributed by atoms with van der Waals surface area (Å²) in [4.78, 5) is 17.0. The van der Waals surface area contributed by atoms with Gasteiger partial charge in [-0.25, -0.2) is 4.98 Å². The molecule has 0 aliphatic carbocycles. The maximum Gasteiger partial charge on any atom is 0.250 e. The number of fused-ring (bicyclic) bond motifs is 1. The van der Waals surface area contributed by atoms with E-state index in [0.29, 0.717) is 22.4 Å². The maximum atomic E-state index is 12.5. The van der Waals surface area contributed by atoms with Gasteiger partial charge >= 0.3 is 0 Å². The highest BCUT2D eigenvalue weighted by Crippen LogP contribution is 2.41. The van der Waals surface area contributed by atoms with Crippen molar-refractivity contribution in [1.29, 1.82) is 0 Å². The van der Waals surface area contributed by atoms with E-state index >= 15 is 0 Å². The molecule has 0 unspecified atom stereocenters. The molecule has 7 heteroatoms. The van der Waals surface area contributed by atoms with E-state index < -0.39 is 0 Å². The molecule has 0 saturated carbocycles. The van der Waals surface area contributed by atoms with Crippen LogP contribution in [-0.4, -0.2) is 27.8 Å². The molecule has 3 aromatic rings. The van der Waals surface area contributed by atoms with Crippen molar-refractivity contribution in [3.8, 4) is 17.1 Å². The summed E-state index contributed by atoms with van der Waals surface area (Å²) in [6.07, 6.45) is 0.380. The van der Waals surface area contributed by atoms with E-state index in [1.165, 1.54) is 4.68 Å². The molecule has 1 aliphatic heterocycles. The quantitative estimate of drug-likeness (QED) is 0.679. The molecular formula is C18H14ClN3O2S. The molecule has 0 bridgehead atoms. The monoisotopic (exact) mass is 371 g/mol. The van der Waals surface area contributed by atoms with E-state index in [1.807, 2.05) is 48.5 Å². The second-order valence-electron chi connectivity index (χ2n) is 5.61. The summed E-state index contributed by atoms with van der Waals surface area (Å²) in [7, 11) is 1.62. The van der Waals surface area contributed by atoms with Crippen molar-refractivity contribution in [3.63, 3.8) is 0 Å². The minimum absolute atomic E-state index is 0.0187. The average Bonchev–Trinajstić information content (AvgIpc) is 3.07. The van der Waals surface area contributed by atoms with Crippen LogP contribution in [0.15, 0.2) is 53.7 Å². The Hall–Kier alpha value is -2.31. The first-order chi connectivity index (χ1) is 12.1. The molecule has 0 N–H and O–H groups in total. The average molecular weight is 372 g/mol. The van der Waals surface area contributed by atoms with Gasteiger partial charge in [0.15, 0.2) is 11.0 Å². The van der Waals surface area contributed by atoms with Crippen LogP contribution in [0.1, 0.15) is 22.0 Å². The van der Waals surface area contributed by atoms with Crippen molar-refractivity contribution >= 4 is 29.3 Å². The fourth-order valence-electron chi connectivity index (χ4n) is 2.68. The van der Waals surface area contributed by atoms with Crippen LogP contribution in [0.5, 0.6) is 5.75 Å². The zero-order valence-corrected chi connectivity index (χ0v) is 14.9. The van der Waals surface area contributed by atoms with Crippen molar-refractivity contribution in [2.75, 3.05) is 7.11 Å². The molecule has 0 radical (unpaired) electrons. The molecule has 1 aromatic heterocycles. The number of ether oxygens (including phenoxy) is 1. The highest BCUT2D eigenvalue weighted by Gasteiger charge is 2.30. The summed E-state index contributed by atoms with van der Waals surface area (Å²) in [5.41, 5.74) is 1.90. The highest BCUT2D eigenvalue weighted by atomic mass is 35.5. The molecule has 2 heterocycles. The summed E-state index contributed by atoms with van der Waals surface area (Å²) in [6.45, 7) is 0. The lowest BCUT2D eigenvalue weighted by molar-refractivity contribution is 0.0868. The van der Waals surface area contributed by atoms with Crippen molar-refractivity contribution in [2.24, 2.45) is 0 Å². The number of nitrogens with zero attached hydrogens (tertiary/aromatic N) is 3. The van der Waals surface area contributed by atoms with E-state index in [4.69, 9.17) is 16.3 Å². The van der Waals surface area contributed by atoms with Gasteiger partial charge in [0.25, 0.3) is 5.91 Å². The van der Waals surface area contributed by atoms with Gasteiger partial charge in [-0.1, -0.05) is 35.5 Å². The number of carbonyl (C=O) groups excluding carboxylic acids is 1. The van der Waals surface area contributed by atoms with Crippen LogP contribution in [0.25, 0.3) is 11.4 Å². The fourth-order valence-corrected chi connectivity index (χ4v) is 3.96. The molecule has 1 atom stereocenters. The Morgan fingerprint density at radius 1 is 1.16 bits per heavy atom. The number of carbonyl (C=O) groups is 1. The normalized spacial score (nSPS) is 16.6. The van der Waals surface area contributed by atoms with E-state index in [0.717, 1.165) is 16.9 Å². The standard InChI is InChI=1S/C18H14ClN3O2S/c1-24-14-8-4-12(5-9-14)17-20-18-22(21-17)16(23)10-15(25-18)11-2-6-13(19)7-3-11/h2-9,15H,10H2,1H3/t15-/m0/s1. The summed E-state index contributed by atoms with van der Waals surface area (Å²) in [5, 5.41) is 5.69. The number of hydrogen-bond acceptors (Lipinski definition) is 5. The smallest absolute Gasteiger partial charge is 0.250 e. The van der Waals surface area contributed by atoms with Gasteiger partial charge in [0.1, 0.15) is 5.75 Å². The minimum Gasteiger partial charge on any atom is -0.497 e. The lowest BCUT2D eigenvalue weighted by Gasteiger charge is -2.20. The molecule has 0 spiro atoms. The first kappa shape index (κ1) is 16.2. The van der Waals surface area contributed by atoms with Crippen molar-refractivity contribution in [2.45, 2.75) is 16.8 Å². The maximum absolute atomic E-state index is 12.5. The first-order valence-electron chi connectivity index (χ1n) is 7.71. The number of thioether (sulfide) groups is 1. The topological polar surface area (TPSA) is 57.0 Å². The predicted octanol–water partition coefficient (Wildman–Crippen LogP) is 4.48. The number of rotatable bonds is 3. The summed E-state index contributed by atoms with van der Waals surface area (Å²) in [5.74, 6) is 1.25. The zero-order chi connectivity index (χ0) is 17.4. The molecule has 126 valence electrons. The van der Waals surface area contributed by atoms with Crippen molar-refractivity contribution < 1.29 is 9.53 Å². The SMILES string of the molecule is COc1ccc(-c2nc3n(n2)C(=O)C[C@@H](c2ccc(Cl)cc2)S3)cc1. The summed E-state index contributed by atoms with van der Waals surface area (Å²) < 4.78 is 6.56. The summed E-state index contributed by atoms with van der Waals surface area (Å²) in [6, 6.07) is 15.0. The van der Waals surface area contributed by atoms with Gasteiger partial charge in [-0.3, -0.25) is 4.79 Å². The second kappa shape index (κ2) is 6.54. The summed E-state index contributed by atoms with van der Waals surface area (Å²) >= 11 is 7.49. The fraction of sp³-hybridized carbons (Fsp3) is 0.167. The first-order valence-corrected chi connectivity index (χ1v) is 8.96. The van der Waals surface area contributed by atoms with Crippen LogP contribution in [0.4, 0.5) is 0 Å². The molecule has 0 amide bonds. The third-order valence-corrected chi connectivity index (χ3v) is 5.46. The third kappa shape index (κ3) is 3.15. The van der Waals surface area contributed by atoms with E-state index in [2.05, 4.69) is 10.1 Å². The molecule has 5 nitrogen and oxygen atoms in total. The molecule has 1 aliphatic rings. The number of methoxy groups -OCH3 is 1. The Morgan fingerprint density at radius 3 is 2.56 bits per heavy atom. The Kier molecular flexibility index (Phi) is 4.23. The Balaban J connectivity index is 1.64.